The van der Waals surface area contributed by atoms with Crippen LogP contribution >= 0.6 is 0 Å². The Balaban J connectivity index is 1.26. The average Bonchev–Trinajstić information content (AvgIpc) is 3.01. The quantitative estimate of drug-likeness (QED) is 0.240. The number of halogens is 3. The highest BCUT2D eigenvalue weighted by atomic mass is 19.4. The van der Waals surface area contributed by atoms with E-state index in [1.54, 1.807) is 12.1 Å². The van der Waals surface area contributed by atoms with Crippen molar-refractivity contribution in [1.29, 1.82) is 5.26 Å². The fraction of sp³-hybridized carbons (Fsp3) is 0.257. The van der Waals surface area contributed by atoms with Gasteiger partial charge in [-0.05, 0) is 82.8 Å². The maximum atomic E-state index is 13.5. The summed E-state index contributed by atoms with van der Waals surface area (Å²) in [6.45, 7) is 8.32. The molecule has 8 heteroatoms. The van der Waals surface area contributed by atoms with Crippen molar-refractivity contribution in [1.82, 2.24) is 4.90 Å². The zero-order chi connectivity index (χ0) is 30.6. The number of piperazine rings is 1. The summed E-state index contributed by atoms with van der Waals surface area (Å²) in [6.07, 6.45) is -4.43. The maximum Gasteiger partial charge on any atom is 0.416 e. The molecule has 1 amide bonds. The van der Waals surface area contributed by atoms with Gasteiger partial charge in [0.25, 0.3) is 5.91 Å². The molecule has 0 saturated carbocycles. The number of alkyl halides is 3. The van der Waals surface area contributed by atoms with Gasteiger partial charge in [0.2, 0.25) is 0 Å². The molecule has 1 fully saturated rings. The molecule has 1 aliphatic rings. The van der Waals surface area contributed by atoms with Gasteiger partial charge in [-0.2, -0.15) is 18.4 Å². The highest BCUT2D eigenvalue weighted by Gasteiger charge is 2.30. The molecule has 0 aliphatic carbocycles. The molecule has 0 bridgehead atoms. The van der Waals surface area contributed by atoms with Gasteiger partial charge in [0.15, 0.2) is 0 Å². The molecule has 220 valence electrons. The number of hydrogen-bond acceptors (Lipinski definition) is 4. The van der Waals surface area contributed by atoms with E-state index in [0.29, 0.717) is 27.9 Å². The van der Waals surface area contributed by atoms with Crippen molar-refractivity contribution in [3.8, 4) is 17.2 Å². The number of nitriles is 1. The third-order valence-corrected chi connectivity index (χ3v) is 7.79. The molecule has 43 heavy (non-hydrogen) atoms. The first-order valence-corrected chi connectivity index (χ1v) is 14.3. The summed E-state index contributed by atoms with van der Waals surface area (Å²) in [5.41, 5.74) is 5.28. The van der Waals surface area contributed by atoms with E-state index < -0.39 is 11.7 Å². The van der Waals surface area contributed by atoms with Gasteiger partial charge in [-0.25, -0.2) is 0 Å². The van der Waals surface area contributed by atoms with Crippen LogP contribution in [0.1, 0.15) is 52.4 Å². The van der Waals surface area contributed by atoms with Crippen molar-refractivity contribution in [3.05, 3.63) is 119 Å². The van der Waals surface area contributed by atoms with Crippen LogP contribution in [0.4, 0.5) is 24.5 Å². The Hall–Kier alpha value is -4.61. The van der Waals surface area contributed by atoms with Crippen LogP contribution in [0.2, 0.25) is 0 Å². The van der Waals surface area contributed by atoms with E-state index in [4.69, 9.17) is 5.26 Å². The van der Waals surface area contributed by atoms with Gasteiger partial charge in [-0.1, -0.05) is 50.2 Å². The molecule has 0 aromatic heterocycles. The van der Waals surface area contributed by atoms with Crippen LogP contribution in [0, 0.1) is 11.3 Å². The van der Waals surface area contributed by atoms with E-state index in [1.807, 2.05) is 68.4 Å². The van der Waals surface area contributed by atoms with E-state index in [-0.39, 0.29) is 11.8 Å². The minimum Gasteiger partial charge on any atom is -0.369 e. The van der Waals surface area contributed by atoms with Gasteiger partial charge in [-0.15, -0.1) is 0 Å². The van der Waals surface area contributed by atoms with Gasteiger partial charge in [-0.3, -0.25) is 9.69 Å². The van der Waals surface area contributed by atoms with Gasteiger partial charge < -0.3 is 10.2 Å². The van der Waals surface area contributed by atoms with Crippen LogP contribution in [-0.4, -0.2) is 37.0 Å². The van der Waals surface area contributed by atoms with Crippen LogP contribution in [0.3, 0.4) is 0 Å². The second kappa shape index (κ2) is 12.7. The molecule has 1 N–H and O–H groups in total. The van der Waals surface area contributed by atoms with Crippen molar-refractivity contribution >= 4 is 17.3 Å². The predicted octanol–water partition coefficient (Wildman–Crippen LogP) is 7.94. The lowest BCUT2D eigenvalue weighted by molar-refractivity contribution is -0.137. The summed E-state index contributed by atoms with van der Waals surface area (Å²) in [5.74, 6) is -0.258. The number of carbonyl (C=O) groups is 1. The number of carbonyl (C=O) groups excluding carboxylic acids is 1. The van der Waals surface area contributed by atoms with Crippen molar-refractivity contribution in [3.63, 3.8) is 0 Å². The molecule has 1 saturated heterocycles. The maximum absolute atomic E-state index is 13.5. The molecule has 4 aromatic rings. The van der Waals surface area contributed by atoms with E-state index in [0.717, 1.165) is 61.7 Å². The van der Waals surface area contributed by atoms with Crippen LogP contribution in [0.5, 0.6) is 0 Å². The molecule has 0 atom stereocenters. The smallest absolute Gasteiger partial charge is 0.369 e. The second-order valence-corrected chi connectivity index (χ2v) is 11.1. The topological polar surface area (TPSA) is 59.4 Å². The van der Waals surface area contributed by atoms with E-state index >= 15 is 0 Å². The summed E-state index contributed by atoms with van der Waals surface area (Å²) >= 11 is 0. The predicted molar refractivity (Wildman–Crippen MR) is 164 cm³/mol. The summed E-state index contributed by atoms with van der Waals surface area (Å²) in [7, 11) is 0. The molecule has 0 spiro atoms. The van der Waals surface area contributed by atoms with Gasteiger partial charge in [0, 0.05) is 49.7 Å². The fourth-order valence-electron chi connectivity index (χ4n) is 5.50. The van der Waals surface area contributed by atoms with Crippen LogP contribution in [0.25, 0.3) is 11.1 Å². The zero-order valence-electron chi connectivity index (χ0n) is 24.2. The Kier molecular flexibility index (Phi) is 8.84. The van der Waals surface area contributed by atoms with E-state index in [1.165, 1.54) is 12.1 Å². The number of amides is 1. The van der Waals surface area contributed by atoms with Crippen molar-refractivity contribution in [2.75, 3.05) is 36.4 Å². The Morgan fingerprint density at radius 1 is 0.907 bits per heavy atom. The summed E-state index contributed by atoms with van der Waals surface area (Å²) in [6, 6.07) is 28.0. The minimum atomic E-state index is -4.43. The molecule has 5 rings (SSSR count). The lowest BCUT2D eigenvalue weighted by Crippen LogP contribution is -2.45. The molecular weight excluding hydrogens is 549 g/mol. The first kappa shape index (κ1) is 29.9. The van der Waals surface area contributed by atoms with Gasteiger partial charge in [0.05, 0.1) is 17.2 Å². The first-order valence-electron chi connectivity index (χ1n) is 14.3. The first-order chi connectivity index (χ1) is 20.6. The number of nitrogens with one attached hydrogen (secondary N) is 1. The summed E-state index contributed by atoms with van der Waals surface area (Å²) in [5, 5.41) is 12.1. The summed E-state index contributed by atoms with van der Waals surface area (Å²) < 4.78 is 39.5. The molecule has 1 aliphatic heterocycles. The fourth-order valence-corrected chi connectivity index (χ4v) is 5.50. The largest absolute Gasteiger partial charge is 0.416 e. The van der Waals surface area contributed by atoms with Crippen molar-refractivity contribution in [2.24, 2.45) is 0 Å². The standard InChI is InChI=1S/C35H33F3N4O/c1-24(2)31-7-4-8-32(33(31)27-9-11-28(12-10-27)35(36,37)38)34(43)40-29-13-15-30(16-14-29)42-19-17-41(18-20-42)23-26-6-3-5-25(21-26)22-39/h3-16,21,24H,17-20,23H2,1-2H3,(H,40,43). The molecule has 1 heterocycles. The number of rotatable bonds is 7. The van der Waals surface area contributed by atoms with Crippen LogP contribution in [0.15, 0.2) is 91.0 Å². The summed E-state index contributed by atoms with van der Waals surface area (Å²) in [4.78, 5) is 18.2. The van der Waals surface area contributed by atoms with Gasteiger partial charge in [0.1, 0.15) is 0 Å². The second-order valence-electron chi connectivity index (χ2n) is 11.1. The van der Waals surface area contributed by atoms with Crippen LogP contribution in [-0.2, 0) is 12.7 Å². The van der Waals surface area contributed by atoms with Crippen LogP contribution < -0.4 is 10.2 Å². The average molecular weight is 583 g/mol. The normalized spacial score (nSPS) is 14.0. The Labute approximate surface area is 250 Å². The third kappa shape index (κ3) is 7.07. The zero-order valence-corrected chi connectivity index (χ0v) is 24.2. The highest BCUT2D eigenvalue weighted by molar-refractivity contribution is 6.09. The third-order valence-electron chi connectivity index (χ3n) is 7.79. The highest BCUT2D eigenvalue weighted by Crippen LogP contribution is 2.36. The Bertz CT molecular complexity index is 1620. The lowest BCUT2D eigenvalue weighted by Gasteiger charge is -2.36. The lowest BCUT2D eigenvalue weighted by atomic mass is 9.88. The SMILES string of the molecule is CC(C)c1cccc(C(=O)Nc2ccc(N3CCN(Cc4cccc(C#N)c4)CC3)cc2)c1-c1ccc(C(F)(F)F)cc1. The Morgan fingerprint density at radius 2 is 1.58 bits per heavy atom. The van der Waals surface area contributed by atoms with Crippen molar-refractivity contribution in [2.45, 2.75) is 32.5 Å². The van der Waals surface area contributed by atoms with Crippen molar-refractivity contribution < 1.29 is 18.0 Å². The Morgan fingerprint density at radius 3 is 2.21 bits per heavy atom. The molecule has 4 aromatic carbocycles. The van der Waals surface area contributed by atoms with Gasteiger partial charge >= 0.3 is 6.18 Å². The number of nitrogens with zero attached hydrogens (tertiary/aromatic N) is 3. The monoisotopic (exact) mass is 582 g/mol. The molecule has 0 unspecified atom stereocenters. The molecule has 5 nitrogen and oxygen atoms in total. The van der Waals surface area contributed by atoms with E-state index in [9.17, 15) is 18.0 Å². The number of anilines is 2. The molecule has 0 radical (unpaired) electrons. The van der Waals surface area contributed by atoms with E-state index in [2.05, 4.69) is 21.2 Å². The molecular formula is C35H33F3N4O. The number of hydrogen-bond donors (Lipinski definition) is 1. The number of benzene rings is 4. The minimum absolute atomic E-state index is 0.0625.